The summed E-state index contributed by atoms with van der Waals surface area (Å²) >= 11 is 0. The van der Waals surface area contributed by atoms with Crippen molar-refractivity contribution in [1.82, 2.24) is 5.32 Å². The van der Waals surface area contributed by atoms with E-state index in [1.165, 1.54) is 30.4 Å². The normalized spacial score (nSPS) is 26.1. The van der Waals surface area contributed by atoms with Gasteiger partial charge < -0.3 is 10.1 Å². The van der Waals surface area contributed by atoms with E-state index in [2.05, 4.69) is 58.1 Å². The molecule has 1 N–H and O–H groups in total. The van der Waals surface area contributed by atoms with E-state index in [-0.39, 0.29) is 11.0 Å². The summed E-state index contributed by atoms with van der Waals surface area (Å²) in [5, 5.41) is 3.75. The zero-order chi connectivity index (χ0) is 15.7. The number of methoxy groups -OCH3 is 1. The molecule has 0 amide bonds. The highest BCUT2D eigenvalue weighted by atomic mass is 16.5. The molecule has 1 aliphatic rings. The van der Waals surface area contributed by atoms with Gasteiger partial charge in [-0.1, -0.05) is 31.0 Å². The monoisotopic (exact) mass is 289 g/mol. The molecule has 0 bridgehead atoms. The number of nitrogens with one attached hydrogen (secondary N) is 1. The average Bonchev–Trinajstić information content (AvgIpc) is 2.78. The Morgan fingerprint density at radius 2 is 2.05 bits per heavy atom. The molecule has 1 aliphatic carbocycles. The maximum Gasteiger partial charge on any atom is 0.122 e. The second-order valence-electron chi connectivity index (χ2n) is 7.76. The largest absolute Gasteiger partial charge is 0.496 e. The molecule has 0 saturated heterocycles. The van der Waals surface area contributed by atoms with E-state index >= 15 is 0 Å². The first-order valence-electron chi connectivity index (χ1n) is 8.19. The first-order chi connectivity index (χ1) is 9.78. The second-order valence-corrected chi connectivity index (χ2v) is 7.76. The first-order valence-corrected chi connectivity index (χ1v) is 8.19. The standard InChI is InChI=1S/C19H31NO/c1-14-9-10-17(21-6)16(12-14)19(11-7-8-15(19)2)13-20-18(3,4)5/h9-10,12,15,20H,7-8,11,13H2,1-6H3. The third-order valence-electron chi connectivity index (χ3n) is 5.03. The summed E-state index contributed by atoms with van der Waals surface area (Å²) in [6, 6.07) is 6.62. The van der Waals surface area contributed by atoms with Crippen LogP contribution in [0.25, 0.3) is 0 Å². The smallest absolute Gasteiger partial charge is 0.122 e. The Kier molecular flexibility index (Phi) is 4.67. The zero-order valence-corrected chi connectivity index (χ0v) is 14.5. The minimum Gasteiger partial charge on any atom is -0.496 e. The third kappa shape index (κ3) is 3.42. The molecule has 1 aromatic rings. The van der Waals surface area contributed by atoms with E-state index in [0.29, 0.717) is 5.92 Å². The number of ether oxygens (including phenoxy) is 1. The van der Waals surface area contributed by atoms with Gasteiger partial charge in [0, 0.05) is 23.1 Å². The van der Waals surface area contributed by atoms with Crippen LogP contribution in [0.3, 0.4) is 0 Å². The van der Waals surface area contributed by atoms with Crippen LogP contribution in [0.5, 0.6) is 5.75 Å². The fourth-order valence-corrected chi connectivity index (χ4v) is 3.64. The molecular weight excluding hydrogens is 258 g/mol. The molecule has 0 spiro atoms. The lowest BCUT2D eigenvalue weighted by atomic mass is 9.71. The Bertz CT molecular complexity index is 489. The van der Waals surface area contributed by atoms with Crippen LogP contribution in [-0.2, 0) is 5.41 Å². The van der Waals surface area contributed by atoms with Crippen LogP contribution >= 0.6 is 0 Å². The van der Waals surface area contributed by atoms with E-state index < -0.39 is 0 Å². The molecule has 1 aromatic carbocycles. The van der Waals surface area contributed by atoms with E-state index in [1.807, 2.05) is 0 Å². The van der Waals surface area contributed by atoms with Crippen LogP contribution in [0, 0.1) is 12.8 Å². The first kappa shape index (κ1) is 16.4. The van der Waals surface area contributed by atoms with Crippen molar-refractivity contribution in [3.8, 4) is 5.75 Å². The molecule has 1 saturated carbocycles. The van der Waals surface area contributed by atoms with Gasteiger partial charge in [0.05, 0.1) is 7.11 Å². The molecule has 0 radical (unpaired) electrons. The van der Waals surface area contributed by atoms with Crippen molar-refractivity contribution in [2.24, 2.45) is 5.92 Å². The molecule has 2 unspecified atom stereocenters. The van der Waals surface area contributed by atoms with E-state index in [9.17, 15) is 0 Å². The van der Waals surface area contributed by atoms with Crippen molar-refractivity contribution in [3.63, 3.8) is 0 Å². The van der Waals surface area contributed by atoms with Gasteiger partial charge in [0.15, 0.2) is 0 Å². The Morgan fingerprint density at radius 1 is 1.33 bits per heavy atom. The molecular formula is C19H31NO. The number of hydrogen-bond donors (Lipinski definition) is 1. The highest BCUT2D eigenvalue weighted by Crippen LogP contribution is 2.48. The molecule has 0 heterocycles. The summed E-state index contributed by atoms with van der Waals surface area (Å²) in [6.07, 6.45) is 3.87. The summed E-state index contributed by atoms with van der Waals surface area (Å²) in [6.45, 7) is 12.3. The Balaban J connectivity index is 2.43. The van der Waals surface area contributed by atoms with Gasteiger partial charge in [0.2, 0.25) is 0 Å². The van der Waals surface area contributed by atoms with E-state index in [0.717, 1.165) is 12.3 Å². The van der Waals surface area contributed by atoms with Gasteiger partial charge in [-0.05, 0) is 52.5 Å². The fourth-order valence-electron chi connectivity index (χ4n) is 3.64. The number of hydrogen-bond acceptors (Lipinski definition) is 2. The lowest BCUT2D eigenvalue weighted by Gasteiger charge is -2.38. The van der Waals surface area contributed by atoms with Gasteiger partial charge in [0.1, 0.15) is 5.75 Å². The third-order valence-corrected chi connectivity index (χ3v) is 5.03. The van der Waals surface area contributed by atoms with Crippen LogP contribution in [-0.4, -0.2) is 19.2 Å². The minimum absolute atomic E-state index is 0.145. The summed E-state index contributed by atoms with van der Waals surface area (Å²) in [5.74, 6) is 1.73. The van der Waals surface area contributed by atoms with E-state index in [4.69, 9.17) is 4.74 Å². The van der Waals surface area contributed by atoms with E-state index in [1.54, 1.807) is 7.11 Å². The molecule has 2 rings (SSSR count). The Labute approximate surface area is 130 Å². The molecule has 2 heteroatoms. The van der Waals surface area contributed by atoms with Gasteiger partial charge in [-0.15, -0.1) is 0 Å². The number of aryl methyl sites for hydroxylation is 1. The fraction of sp³-hybridized carbons (Fsp3) is 0.684. The molecule has 21 heavy (non-hydrogen) atoms. The molecule has 0 aromatic heterocycles. The summed E-state index contributed by atoms with van der Waals surface area (Å²) in [4.78, 5) is 0. The Morgan fingerprint density at radius 3 is 2.57 bits per heavy atom. The Hall–Kier alpha value is -1.02. The van der Waals surface area contributed by atoms with Crippen LogP contribution in [0.2, 0.25) is 0 Å². The quantitative estimate of drug-likeness (QED) is 0.884. The van der Waals surface area contributed by atoms with Crippen molar-refractivity contribution in [3.05, 3.63) is 29.3 Å². The second kappa shape index (κ2) is 6.00. The minimum atomic E-state index is 0.145. The lowest BCUT2D eigenvalue weighted by molar-refractivity contribution is 0.270. The predicted molar refractivity (Wildman–Crippen MR) is 90.2 cm³/mol. The topological polar surface area (TPSA) is 21.3 Å². The van der Waals surface area contributed by atoms with Gasteiger partial charge in [-0.2, -0.15) is 0 Å². The lowest BCUT2D eigenvalue weighted by Crippen LogP contribution is -2.47. The van der Waals surface area contributed by atoms with Crippen molar-refractivity contribution in [2.45, 2.75) is 64.8 Å². The predicted octanol–water partition coefficient (Wildman–Crippen LogP) is 4.45. The van der Waals surface area contributed by atoms with Crippen LogP contribution in [0.4, 0.5) is 0 Å². The number of benzene rings is 1. The average molecular weight is 289 g/mol. The highest BCUT2D eigenvalue weighted by molar-refractivity contribution is 5.44. The maximum absolute atomic E-state index is 5.69. The van der Waals surface area contributed by atoms with Gasteiger partial charge in [-0.25, -0.2) is 0 Å². The highest BCUT2D eigenvalue weighted by Gasteiger charge is 2.43. The molecule has 1 fully saturated rings. The van der Waals surface area contributed by atoms with Crippen molar-refractivity contribution >= 4 is 0 Å². The van der Waals surface area contributed by atoms with Gasteiger partial charge in [-0.3, -0.25) is 0 Å². The van der Waals surface area contributed by atoms with Gasteiger partial charge >= 0.3 is 0 Å². The van der Waals surface area contributed by atoms with Crippen molar-refractivity contribution < 1.29 is 4.74 Å². The number of rotatable bonds is 4. The van der Waals surface area contributed by atoms with Crippen LogP contribution in [0.1, 0.15) is 58.1 Å². The summed E-state index contributed by atoms with van der Waals surface area (Å²) in [5.41, 5.74) is 3.06. The molecule has 0 aliphatic heterocycles. The maximum atomic E-state index is 5.69. The van der Waals surface area contributed by atoms with Crippen LogP contribution in [0.15, 0.2) is 18.2 Å². The van der Waals surface area contributed by atoms with Crippen molar-refractivity contribution in [2.75, 3.05) is 13.7 Å². The summed E-state index contributed by atoms with van der Waals surface area (Å²) < 4.78 is 5.69. The molecule has 2 nitrogen and oxygen atoms in total. The SMILES string of the molecule is COc1ccc(C)cc1C1(CNC(C)(C)C)CCCC1C. The summed E-state index contributed by atoms with van der Waals surface area (Å²) in [7, 11) is 1.79. The molecule has 118 valence electrons. The zero-order valence-electron chi connectivity index (χ0n) is 14.5. The van der Waals surface area contributed by atoms with Gasteiger partial charge in [0.25, 0.3) is 0 Å². The van der Waals surface area contributed by atoms with Crippen molar-refractivity contribution in [1.29, 1.82) is 0 Å². The molecule has 2 atom stereocenters. The van der Waals surface area contributed by atoms with Crippen LogP contribution < -0.4 is 10.1 Å².